The number of aryl methyl sites for hydroxylation is 1. The number of sulfonamides is 1. The van der Waals surface area contributed by atoms with E-state index in [1.165, 1.54) is 0 Å². The van der Waals surface area contributed by atoms with Crippen LogP contribution in [0.5, 0.6) is 5.75 Å². The summed E-state index contributed by atoms with van der Waals surface area (Å²) in [6, 6.07) is 13.7. The lowest BCUT2D eigenvalue weighted by molar-refractivity contribution is 0.00219. The second-order valence-electron chi connectivity index (χ2n) is 5.76. The van der Waals surface area contributed by atoms with Crippen LogP contribution in [0.2, 0.25) is 0 Å². The molecule has 0 saturated heterocycles. The molecule has 0 amide bonds. The van der Waals surface area contributed by atoms with Crippen molar-refractivity contribution in [2.75, 3.05) is 13.2 Å². The van der Waals surface area contributed by atoms with Gasteiger partial charge in [-0.05, 0) is 25.1 Å². The van der Waals surface area contributed by atoms with Crippen LogP contribution in [0.15, 0.2) is 53.4 Å². The average molecular weight is 333 g/mol. The second kappa shape index (κ2) is 5.96. The highest BCUT2D eigenvalue weighted by Gasteiger charge is 2.36. The molecule has 2 aromatic carbocycles. The van der Waals surface area contributed by atoms with E-state index in [0.29, 0.717) is 24.3 Å². The van der Waals surface area contributed by atoms with Crippen molar-refractivity contribution in [3.05, 3.63) is 59.7 Å². The van der Waals surface area contributed by atoms with Crippen molar-refractivity contribution in [1.29, 1.82) is 0 Å². The van der Waals surface area contributed by atoms with Gasteiger partial charge in [-0.2, -0.15) is 0 Å². The monoisotopic (exact) mass is 333 g/mol. The zero-order valence-corrected chi connectivity index (χ0v) is 13.6. The first kappa shape index (κ1) is 16.0. The minimum absolute atomic E-state index is 0.0937. The quantitative estimate of drug-likeness (QED) is 0.897. The lowest BCUT2D eigenvalue weighted by Crippen LogP contribution is -2.43. The summed E-state index contributed by atoms with van der Waals surface area (Å²) in [6.07, 6.45) is 0.334. The summed E-state index contributed by atoms with van der Waals surface area (Å²) < 4.78 is 32.8. The number of hydrogen-bond donors (Lipinski definition) is 2. The summed E-state index contributed by atoms with van der Waals surface area (Å²) in [5.41, 5.74) is 0.325. The van der Waals surface area contributed by atoms with Crippen molar-refractivity contribution in [3.8, 4) is 5.75 Å². The summed E-state index contributed by atoms with van der Waals surface area (Å²) in [5.74, 6) is 0.593. The lowest BCUT2D eigenvalue weighted by atomic mass is 9.88. The van der Waals surface area contributed by atoms with Gasteiger partial charge in [-0.1, -0.05) is 35.9 Å². The van der Waals surface area contributed by atoms with E-state index in [2.05, 4.69) is 4.72 Å². The Balaban J connectivity index is 1.81. The minimum atomic E-state index is -3.67. The van der Waals surface area contributed by atoms with E-state index in [1.807, 2.05) is 13.0 Å². The highest BCUT2D eigenvalue weighted by molar-refractivity contribution is 7.89. The molecule has 2 N–H and O–H groups in total. The molecule has 0 fully saturated rings. The molecule has 0 radical (unpaired) electrons. The van der Waals surface area contributed by atoms with Crippen LogP contribution in [0.1, 0.15) is 17.5 Å². The van der Waals surface area contributed by atoms with Crippen LogP contribution in [-0.4, -0.2) is 26.7 Å². The Labute approximate surface area is 136 Å². The normalized spacial score (nSPS) is 20.6. The number of para-hydroxylation sites is 1. The predicted octanol–water partition coefficient (Wildman–Crippen LogP) is 1.94. The molecule has 1 heterocycles. The first-order valence-corrected chi connectivity index (χ1v) is 8.90. The Morgan fingerprint density at radius 1 is 1.17 bits per heavy atom. The van der Waals surface area contributed by atoms with E-state index < -0.39 is 15.6 Å². The van der Waals surface area contributed by atoms with E-state index in [9.17, 15) is 13.5 Å². The second-order valence-corrected chi connectivity index (χ2v) is 7.53. The molecular weight excluding hydrogens is 314 g/mol. The van der Waals surface area contributed by atoms with E-state index in [-0.39, 0.29) is 11.4 Å². The molecule has 1 atom stereocenters. The Hall–Kier alpha value is -1.89. The number of fused-ring (bicyclic) bond motifs is 1. The molecule has 1 unspecified atom stereocenters. The third kappa shape index (κ3) is 3.24. The van der Waals surface area contributed by atoms with Gasteiger partial charge in [-0.3, -0.25) is 0 Å². The number of ether oxygens (including phenoxy) is 1. The molecule has 0 bridgehead atoms. The average Bonchev–Trinajstić information content (AvgIpc) is 2.54. The molecule has 3 rings (SSSR count). The standard InChI is InChI=1S/C17H19NO4S/c1-13-6-8-14(9-7-13)23(20,21)18-12-17(19)10-11-22-16-5-3-2-4-15(16)17/h2-9,18-19H,10-12H2,1H3. The van der Waals surface area contributed by atoms with Crippen molar-refractivity contribution in [2.24, 2.45) is 0 Å². The summed E-state index contributed by atoms with van der Waals surface area (Å²) >= 11 is 0. The third-order valence-electron chi connectivity index (χ3n) is 4.05. The van der Waals surface area contributed by atoms with Crippen LogP contribution in [-0.2, 0) is 15.6 Å². The van der Waals surface area contributed by atoms with Gasteiger partial charge in [0.1, 0.15) is 11.4 Å². The molecular formula is C17H19NO4S. The van der Waals surface area contributed by atoms with Gasteiger partial charge in [-0.15, -0.1) is 0 Å². The van der Waals surface area contributed by atoms with Crippen LogP contribution in [0, 0.1) is 6.92 Å². The van der Waals surface area contributed by atoms with Crippen LogP contribution in [0.4, 0.5) is 0 Å². The van der Waals surface area contributed by atoms with Crippen LogP contribution in [0.25, 0.3) is 0 Å². The lowest BCUT2D eigenvalue weighted by Gasteiger charge is -2.34. The van der Waals surface area contributed by atoms with Crippen molar-refractivity contribution < 1.29 is 18.3 Å². The molecule has 0 aromatic heterocycles. The van der Waals surface area contributed by atoms with Crippen LogP contribution in [0.3, 0.4) is 0 Å². The molecule has 1 aliphatic rings. The maximum absolute atomic E-state index is 12.4. The first-order valence-electron chi connectivity index (χ1n) is 7.42. The summed E-state index contributed by atoms with van der Waals surface area (Å²) in [5, 5.41) is 10.9. The molecule has 6 heteroatoms. The molecule has 5 nitrogen and oxygen atoms in total. The van der Waals surface area contributed by atoms with Crippen molar-refractivity contribution in [3.63, 3.8) is 0 Å². The number of benzene rings is 2. The Morgan fingerprint density at radius 2 is 1.87 bits per heavy atom. The van der Waals surface area contributed by atoms with E-state index in [4.69, 9.17) is 4.74 Å². The highest BCUT2D eigenvalue weighted by Crippen LogP contribution is 2.36. The van der Waals surface area contributed by atoms with E-state index in [0.717, 1.165) is 5.56 Å². The Morgan fingerprint density at radius 3 is 2.61 bits per heavy atom. The van der Waals surface area contributed by atoms with Crippen molar-refractivity contribution in [2.45, 2.75) is 23.8 Å². The fraction of sp³-hybridized carbons (Fsp3) is 0.294. The van der Waals surface area contributed by atoms with Gasteiger partial charge in [0.2, 0.25) is 10.0 Å². The van der Waals surface area contributed by atoms with Crippen molar-refractivity contribution in [1.82, 2.24) is 4.72 Å². The fourth-order valence-corrected chi connectivity index (χ4v) is 3.73. The summed E-state index contributed by atoms with van der Waals surface area (Å²) in [6.45, 7) is 2.15. The maximum Gasteiger partial charge on any atom is 0.240 e. The van der Waals surface area contributed by atoms with Gasteiger partial charge in [0.15, 0.2) is 0 Å². The Kier molecular flexibility index (Phi) is 4.14. The molecule has 122 valence electrons. The zero-order valence-electron chi connectivity index (χ0n) is 12.8. The molecule has 2 aromatic rings. The predicted molar refractivity (Wildman–Crippen MR) is 86.8 cm³/mol. The van der Waals surface area contributed by atoms with Gasteiger partial charge in [0.05, 0.1) is 11.5 Å². The largest absolute Gasteiger partial charge is 0.493 e. The van der Waals surface area contributed by atoms with Crippen LogP contribution < -0.4 is 9.46 Å². The summed E-state index contributed by atoms with van der Waals surface area (Å²) in [4.78, 5) is 0.187. The summed E-state index contributed by atoms with van der Waals surface area (Å²) in [7, 11) is -3.67. The van der Waals surface area contributed by atoms with Gasteiger partial charge >= 0.3 is 0 Å². The molecule has 23 heavy (non-hydrogen) atoms. The van der Waals surface area contributed by atoms with Gasteiger partial charge < -0.3 is 9.84 Å². The maximum atomic E-state index is 12.4. The first-order chi connectivity index (χ1) is 10.9. The smallest absolute Gasteiger partial charge is 0.240 e. The SMILES string of the molecule is Cc1ccc(S(=O)(=O)NCC2(O)CCOc3ccccc32)cc1. The van der Waals surface area contributed by atoms with Crippen molar-refractivity contribution >= 4 is 10.0 Å². The molecule has 1 aliphatic heterocycles. The highest BCUT2D eigenvalue weighted by atomic mass is 32.2. The number of aliphatic hydroxyl groups is 1. The van der Waals surface area contributed by atoms with E-state index in [1.54, 1.807) is 42.5 Å². The van der Waals surface area contributed by atoms with E-state index >= 15 is 0 Å². The molecule has 0 saturated carbocycles. The Bertz CT molecular complexity index is 802. The van der Waals surface area contributed by atoms with Crippen LogP contribution >= 0.6 is 0 Å². The minimum Gasteiger partial charge on any atom is -0.493 e. The number of nitrogens with one attached hydrogen (secondary N) is 1. The van der Waals surface area contributed by atoms with Gasteiger partial charge in [-0.25, -0.2) is 13.1 Å². The fourth-order valence-electron chi connectivity index (χ4n) is 2.64. The van der Waals surface area contributed by atoms with Gasteiger partial charge in [0.25, 0.3) is 0 Å². The third-order valence-corrected chi connectivity index (χ3v) is 5.46. The topological polar surface area (TPSA) is 75.6 Å². The molecule has 0 spiro atoms. The molecule has 0 aliphatic carbocycles. The number of hydrogen-bond acceptors (Lipinski definition) is 4. The van der Waals surface area contributed by atoms with Gasteiger partial charge in [0, 0.05) is 18.5 Å². The zero-order chi connectivity index (χ0) is 16.5. The number of rotatable bonds is 4.